The Morgan fingerprint density at radius 3 is 2.52 bits per heavy atom. The van der Waals surface area contributed by atoms with E-state index in [1.54, 1.807) is 30.3 Å². The van der Waals surface area contributed by atoms with E-state index in [0.29, 0.717) is 11.8 Å². The summed E-state index contributed by atoms with van der Waals surface area (Å²) >= 11 is 6.09. The normalized spacial score (nSPS) is 11.4. The summed E-state index contributed by atoms with van der Waals surface area (Å²) in [6, 6.07) is 17.5. The van der Waals surface area contributed by atoms with Crippen molar-refractivity contribution in [2.24, 2.45) is 0 Å². The highest BCUT2D eigenvalue weighted by Gasteiger charge is 2.36. The van der Waals surface area contributed by atoms with E-state index in [1.165, 1.54) is 12.1 Å². The molecule has 11 heteroatoms. The maximum absolute atomic E-state index is 13.2. The predicted octanol–water partition coefficient (Wildman–Crippen LogP) is 5.40. The van der Waals surface area contributed by atoms with Crippen LogP contribution in [0.15, 0.2) is 71.1 Å². The Morgan fingerprint density at radius 2 is 1.82 bits per heavy atom. The summed E-state index contributed by atoms with van der Waals surface area (Å²) in [7, 11) is 0. The number of aromatic nitrogens is 2. The zero-order chi connectivity index (χ0) is 23.6. The number of rotatable bonds is 6. The number of alkyl halides is 3. The molecule has 4 aromatic rings. The van der Waals surface area contributed by atoms with Gasteiger partial charge in [0.15, 0.2) is 12.3 Å². The molecule has 0 atom stereocenters. The fourth-order valence-electron chi connectivity index (χ4n) is 2.95. The monoisotopic (exact) mass is 476 g/mol. The molecule has 170 valence electrons. The molecule has 0 unspecified atom stereocenters. The largest absolute Gasteiger partial charge is 0.467 e. The van der Waals surface area contributed by atoms with Crippen molar-refractivity contribution < 1.29 is 27.1 Å². The third kappa shape index (κ3) is 4.96. The molecule has 4 rings (SSSR count). The van der Waals surface area contributed by atoms with Crippen molar-refractivity contribution in [1.29, 1.82) is 0 Å². The Bertz CT molecular complexity index is 1290. The first-order chi connectivity index (χ1) is 15.7. The molecule has 7 nitrogen and oxygen atoms in total. The lowest BCUT2D eigenvalue weighted by molar-refractivity contribution is -0.141. The molecule has 0 spiro atoms. The molecule has 0 fully saturated rings. The summed E-state index contributed by atoms with van der Waals surface area (Å²) < 4.78 is 51.4. The first kappa shape index (κ1) is 22.3. The lowest BCUT2D eigenvalue weighted by Crippen LogP contribution is -2.21. The van der Waals surface area contributed by atoms with Gasteiger partial charge in [-0.25, -0.2) is 0 Å². The number of ether oxygens (including phenoxy) is 1. The van der Waals surface area contributed by atoms with Gasteiger partial charge in [0.25, 0.3) is 5.91 Å². The van der Waals surface area contributed by atoms with E-state index in [4.69, 9.17) is 26.5 Å². The Balaban J connectivity index is 1.51. The second kappa shape index (κ2) is 8.91. The van der Waals surface area contributed by atoms with Crippen LogP contribution in [0.25, 0.3) is 17.0 Å². The van der Waals surface area contributed by atoms with E-state index < -0.39 is 24.4 Å². The SMILES string of the molecule is Nc1cc(-c2ccccc2)oc1NC(=O)COc1cc(C(F)(F)F)nn1-c1ccccc1Cl. The molecular weight excluding hydrogens is 461 g/mol. The van der Waals surface area contributed by atoms with Gasteiger partial charge in [-0.3, -0.25) is 10.1 Å². The van der Waals surface area contributed by atoms with Crippen LogP contribution < -0.4 is 15.8 Å². The van der Waals surface area contributed by atoms with Crippen LogP contribution in [-0.4, -0.2) is 22.3 Å². The van der Waals surface area contributed by atoms with Crippen molar-refractivity contribution in [2.45, 2.75) is 6.18 Å². The van der Waals surface area contributed by atoms with Crippen molar-refractivity contribution in [3.63, 3.8) is 0 Å². The number of nitrogens with one attached hydrogen (secondary N) is 1. The smallest absolute Gasteiger partial charge is 0.435 e. The fourth-order valence-corrected chi connectivity index (χ4v) is 3.17. The molecule has 0 bridgehead atoms. The molecule has 0 saturated carbocycles. The van der Waals surface area contributed by atoms with Gasteiger partial charge in [0.05, 0.1) is 16.4 Å². The lowest BCUT2D eigenvalue weighted by atomic mass is 10.2. The highest BCUT2D eigenvalue weighted by Crippen LogP contribution is 2.34. The van der Waals surface area contributed by atoms with E-state index in [2.05, 4.69) is 10.4 Å². The summed E-state index contributed by atoms with van der Waals surface area (Å²) in [5.41, 5.74) is 5.80. The molecule has 0 radical (unpaired) electrons. The van der Waals surface area contributed by atoms with Crippen LogP contribution in [0.2, 0.25) is 5.02 Å². The second-order valence-electron chi connectivity index (χ2n) is 6.83. The van der Waals surface area contributed by atoms with Gasteiger partial charge in [-0.2, -0.15) is 23.0 Å². The van der Waals surface area contributed by atoms with Crippen LogP contribution in [-0.2, 0) is 11.0 Å². The summed E-state index contributed by atoms with van der Waals surface area (Å²) in [5, 5.41) is 6.14. The number of hydrogen-bond donors (Lipinski definition) is 2. The minimum atomic E-state index is -4.72. The standard InChI is InChI=1S/C22H16ClF3N4O3/c23-14-8-4-5-9-16(14)30-20(11-18(29-30)22(24,25)26)32-12-19(31)28-21-15(27)10-17(33-21)13-6-2-1-3-7-13/h1-11H,12,27H2,(H,28,31). The van der Waals surface area contributed by atoms with Gasteiger partial charge in [-0.1, -0.05) is 54.1 Å². The van der Waals surface area contributed by atoms with Crippen molar-refractivity contribution in [3.05, 3.63) is 77.4 Å². The van der Waals surface area contributed by atoms with Crippen molar-refractivity contribution >= 4 is 29.1 Å². The number of carbonyl (C=O) groups excluding carboxylic acids is 1. The number of anilines is 2. The second-order valence-corrected chi connectivity index (χ2v) is 7.23. The molecule has 0 aliphatic carbocycles. The maximum atomic E-state index is 13.2. The van der Waals surface area contributed by atoms with Crippen molar-refractivity contribution in [3.8, 4) is 22.9 Å². The number of halogens is 4. The van der Waals surface area contributed by atoms with Crippen LogP contribution in [0.4, 0.5) is 24.7 Å². The topological polar surface area (TPSA) is 95.3 Å². The molecular formula is C22H16ClF3N4O3. The zero-order valence-electron chi connectivity index (χ0n) is 16.8. The van der Waals surface area contributed by atoms with Crippen molar-refractivity contribution in [2.75, 3.05) is 17.7 Å². The van der Waals surface area contributed by atoms with Crippen LogP contribution in [0.5, 0.6) is 5.88 Å². The molecule has 0 aliphatic heterocycles. The first-order valence-electron chi connectivity index (χ1n) is 9.52. The predicted molar refractivity (Wildman–Crippen MR) is 116 cm³/mol. The minimum absolute atomic E-state index is 0.00181. The van der Waals surface area contributed by atoms with Crippen LogP contribution in [0.1, 0.15) is 5.69 Å². The van der Waals surface area contributed by atoms with E-state index in [0.717, 1.165) is 10.2 Å². The Kier molecular flexibility index (Phi) is 6.01. The third-order valence-corrected chi connectivity index (χ3v) is 4.79. The van der Waals surface area contributed by atoms with Gasteiger partial charge in [0.1, 0.15) is 5.76 Å². The van der Waals surface area contributed by atoms with Gasteiger partial charge in [-0.05, 0) is 12.1 Å². The summed E-state index contributed by atoms with van der Waals surface area (Å²) in [6.45, 7) is -0.631. The summed E-state index contributed by atoms with van der Waals surface area (Å²) in [5.74, 6) is -0.576. The third-order valence-electron chi connectivity index (χ3n) is 4.47. The van der Waals surface area contributed by atoms with Gasteiger partial charge < -0.3 is 14.9 Å². The summed E-state index contributed by atoms with van der Waals surface area (Å²) in [4.78, 5) is 12.4. The van der Waals surface area contributed by atoms with E-state index in [9.17, 15) is 18.0 Å². The minimum Gasteiger partial charge on any atom is -0.467 e. The number of amides is 1. The van der Waals surface area contributed by atoms with E-state index in [-0.39, 0.29) is 28.2 Å². The molecule has 0 saturated heterocycles. The lowest BCUT2D eigenvalue weighted by Gasteiger charge is -2.10. The quantitative estimate of drug-likeness (QED) is 0.388. The number of para-hydroxylation sites is 1. The number of furan rings is 1. The number of hydrogen-bond acceptors (Lipinski definition) is 5. The van der Waals surface area contributed by atoms with Gasteiger partial charge in [-0.15, -0.1) is 0 Å². The molecule has 0 aliphatic rings. The van der Waals surface area contributed by atoms with Crippen LogP contribution in [0, 0.1) is 0 Å². The molecule has 2 aromatic heterocycles. The van der Waals surface area contributed by atoms with Gasteiger partial charge >= 0.3 is 6.18 Å². The fraction of sp³-hybridized carbons (Fsp3) is 0.0909. The number of benzene rings is 2. The molecule has 33 heavy (non-hydrogen) atoms. The first-order valence-corrected chi connectivity index (χ1v) is 9.89. The Morgan fingerprint density at radius 1 is 1.12 bits per heavy atom. The zero-order valence-corrected chi connectivity index (χ0v) is 17.5. The van der Waals surface area contributed by atoms with Crippen molar-refractivity contribution in [1.82, 2.24) is 9.78 Å². The molecule has 1 amide bonds. The highest BCUT2D eigenvalue weighted by atomic mass is 35.5. The van der Waals surface area contributed by atoms with Gasteiger partial charge in [0, 0.05) is 17.7 Å². The Hall–Kier alpha value is -3.92. The highest BCUT2D eigenvalue weighted by molar-refractivity contribution is 6.32. The van der Waals surface area contributed by atoms with E-state index in [1.807, 2.05) is 18.2 Å². The average Bonchev–Trinajstić information content (AvgIpc) is 3.37. The van der Waals surface area contributed by atoms with Gasteiger partial charge in [0.2, 0.25) is 11.8 Å². The van der Waals surface area contributed by atoms with Crippen LogP contribution >= 0.6 is 11.6 Å². The molecule has 2 aromatic carbocycles. The number of nitrogens with two attached hydrogens (primary N) is 1. The number of nitrogen functional groups attached to an aromatic ring is 1. The molecule has 3 N–H and O–H groups in total. The summed E-state index contributed by atoms with van der Waals surface area (Å²) in [6.07, 6.45) is -4.72. The number of carbonyl (C=O) groups is 1. The van der Waals surface area contributed by atoms with E-state index >= 15 is 0 Å². The van der Waals surface area contributed by atoms with Crippen LogP contribution in [0.3, 0.4) is 0 Å². The molecule has 2 heterocycles. The maximum Gasteiger partial charge on any atom is 0.435 e. The Labute approximate surface area is 190 Å². The number of nitrogens with zero attached hydrogens (tertiary/aromatic N) is 2. The average molecular weight is 477 g/mol.